The summed E-state index contributed by atoms with van der Waals surface area (Å²) in [6, 6.07) is 13.3. The molecule has 0 unspecified atom stereocenters. The molecule has 0 bridgehead atoms. The number of hydrogen-bond donors (Lipinski definition) is 7. The normalized spacial score (nSPS) is 10.5. The fraction of sp³-hybridized carbons (Fsp3) is 0. The molecule has 3 aromatic rings. The highest BCUT2D eigenvalue weighted by molar-refractivity contribution is 6.00. The molecule has 1 heterocycles. The van der Waals surface area contributed by atoms with E-state index < -0.39 is 5.56 Å². The summed E-state index contributed by atoms with van der Waals surface area (Å²) < 4.78 is 0. The van der Waals surface area contributed by atoms with Gasteiger partial charge in [-0.25, -0.2) is 0 Å². The van der Waals surface area contributed by atoms with Gasteiger partial charge in [-0.15, -0.1) is 0 Å². The molecule has 8 heteroatoms. The first-order chi connectivity index (χ1) is 12.8. The second kappa shape index (κ2) is 6.68. The Morgan fingerprint density at radius 1 is 0.889 bits per heavy atom. The standard InChI is InChI=1S/C19H18N6O2/c20-15-13(9-3-1-5-11(7-9)16(21)22)14(18(26)25-19(15)27)10-4-2-6-12(8-10)17(23)24/h1-8H,20H2,(H3,21,22)(H3,23,24)(H2,25,26,27). The predicted molar refractivity (Wildman–Crippen MR) is 106 cm³/mol. The number of aromatic amines is 1. The van der Waals surface area contributed by atoms with Gasteiger partial charge in [-0.2, -0.15) is 0 Å². The van der Waals surface area contributed by atoms with E-state index in [1.165, 1.54) is 0 Å². The van der Waals surface area contributed by atoms with Crippen molar-refractivity contribution in [3.8, 4) is 28.1 Å². The number of nitrogens with two attached hydrogens (primary N) is 3. The van der Waals surface area contributed by atoms with Crippen molar-refractivity contribution in [2.24, 2.45) is 11.5 Å². The number of H-pyrrole nitrogens is 1. The molecular formula is C19H18N6O2. The van der Waals surface area contributed by atoms with Crippen molar-refractivity contribution < 1.29 is 5.11 Å². The molecule has 136 valence electrons. The predicted octanol–water partition coefficient (Wildman–Crippen LogP) is 1.56. The molecule has 27 heavy (non-hydrogen) atoms. The topological polar surface area (TPSA) is 179 Å². The number of hydrogen-bond acceptors (Lipinski definition) is 5. The van der Waals surface area contributed by atoms with E-state index in [0.29, 0.717) is 27.8 Å². The summed E-state index contributed by atoms with van der Waals surface area (Å²) in [6.07, 6.45) is 0. The van der Waals surface area contributed by atoms with Gasteiger partial charge in [0.25, 0.3) is 5.56 Å². The van der Waals surface area contributed by atoms with Crippen molar-refractivity contribution in [1.29, 1.82) is 10.8 Å². The first-order valence-electron chi connectivity index (χ1n) is 7.94. The highest BCUT2D eigenvalue weighted by Gasteiger charge is 2.19. The number of aromatic hydroxyl groups is 1. The first-order valence-corrected chi connectivity index (χ1v) is 7.94. The highest BCUT2D eigenvalue weighted by atomic mass is 16.3. The summed E-state index contributed by atoms with van der Waals surface area (Å²) in [7, 11) is 0. The van der Waals surface area contributed by atoms with Crippen molar-refractivity contribution in [3.05, 3.63) is 70.0 Å². The Morgan fingerprint density at radius 2 is 1.37 bits per heavy atom. The van der Waals surface area contributed by atoms with Gasteiger partial charge in [0.15, 0.2) is 5.88 Å². The minimum atomic E-state index is -0.637. The van der Waals surface area contributed by atoms with Crippen molar-refractivity contribution in [1.82, 2.24) is 4.98 Å². The average Bonchev–Trinajstić information content (AvgIpc) is 2.64. The van der Waals surface area contributed by atoms with Crippen LogP contribution in [0.3, 0.4) is 0 Å². The lowest BCUT2D eigenvalue weighted by Gasteiger charge is -2.15. The van der Waals surface area contributed by atoms with E-state index in [2.05, 4.69) is 4.98 Å². The van der Waals surface area contributed by atoms with Crippen LogP contribution < -0.4 is 22.8 Å². The molecule has 0 fully saturated rings. The number of amidine groups is 2. The summed E-state index contributed by atoms with van der Waals surface area (Å²) in [5.41, 5.74) is 19.0. The third-order valence-corrected chi connectivity index (χ3v) is 4.16. The molecule has 0 amide bonds. The summed E-state index contributed by atoms with van der Waals surface area (Å²) in [4.78, 5) is 14.5. The van der Waals surface area contributed by atoms with E-state index in [4.69, 9.17) is 28.0 Å². The maximum atomic E-state index is 12.1. The second-order valence-corrected chi connectivity index (χ2v) is 5.96. The molecule has 2 aromatic carbocycles. The first kappa shape index (κ1) is 17.7. The van der Waals surface area contributed by atoms with E-state index in [-0.39, 0.29) is 28.8 Å². The molecule has 8 nitrogen and oxygen atoms in total. The van der Waals surface area contributed by atoms with Gasteiger partial charge in [0, 0.05) is 16.7 Å². The van der Waals surface area contributed by atoms with Gasteiger partial charge in [-0.1, -0.05) is 36.4 Å². The summed E-state index contributed by atoms with van der Waals surface area (Å²) in [6.45, 7) is 0. The Hall–Kier alpha value is -4.07. The van der Waals surface area contributed by atoms with Gasteiger partial charge in [0.2, 0.25) is 0 Å². The quantitative estimate of drug-likeness (QED) is 0.274. The molecule has 0 aliphatic carbocycles. The Kier molecular flexibility index (Phi) is 4.39. The van der Waals surface area contributed by atoms with E-state index in [9.17, 15) is 9.90 Å². The number of nitrogen functional groups attached to an aromatic ring is 3. The number of rotatable bonds is 4. The van der Waals surface area contributed by atoms with E-state index in [1.807, 2.05) is 0 Å². The molecule has 0 spiro atoms. The Bertz CT molecular complexity index is 1130. The lowest BCUT2D eigenvalue weighted by atomic mass is 9.92. The maximum Gasteiger partial charge on any atom is 0.274 e. The number of benzene rings is 2. The minimum absolute atomic E-state index is 0.0864. The smallest absolute Gasteiger partial charge is 0.274 e. The largest absolute Gasteiger partial charge is 0.494 e. The van der Waals surface area contributed by atoms with Crippen molar-refractivity contribution >= 4 is 17.4 Å². The molecule has 10 N–H and O–H groups in total. The molecule has 0 saturated heterocycles. The zero-order chi connectivity index (χ0) is 19.7. The van der Waals surface area contributed by atoms with Crippen molar-refractivity contribution in [2.45, 2.75) is 0 Å². The average molecular weight is 362 g/mol. The van der Waals surface area contributed by atoms with E-state index >= 15 is 0 Å². The monoisotopic (exact) mass is 362 g/mol. The molecular weight excluding hydrogens is 344 g/mol. The van der Waals surface area contributed by atoms with Crippen LogP contribution in [-0.4, -0.2) is 21.8 Å². The number of aromatic nitrogens is 1. The van der Waals surface area contributed by atoms with Crippen molar-refractivity contribution in [3.63, 3.8) is 0 Å². The summed E-state index contributed by atoms with van der Waals surface area (Å²) in [5.74, 6) is -0.628. The maximum absolute atomic E-state index is 12.1. The zero-order valence-corrected chi connectivity index (χ0v) is 14.2. The van der Waals surface area contributed by atoms with Crippen LogP contribution in [0.1, 0.15) is 11.1 Å². The van der Waals surface area contributed by atoms with Crippen LogP contribution in [0.25, 0.3) is 22.3 Å². The number of anilines is 1. The van der Waals surface area contributed by atoms with Gasteiger partial charge >= 0.3 is 0 Å². The van der Waals surface area contributed by atoms with Crippen LogP contribution in [-0.2, 0) is 0 Å². The fourth-order valence-corrected chi connectivity index (χ4v) is 2.87. The van der Waals surface area contributed by atoms with Crippen LogP contribution in [0.2, 0.25) is 0 Å². The van der Waals surface area contributed by atoms with Gasteiger partial charge in [0.05, 0.1) is 5.56 Å². The van der Waals surface area contributed by atoms with Crippen LogP contribution in [0.5, 0.6) is 5.88 Å². The Morgan fingerprint density at radius 3 is 1.85 bits per heavy atom. The molecule has 1 aromatic heterocycles. The number of nitrogens with one attached hydrogen (secondary N) is 3. The molecule has 0 atom stereocenters. The molecule has 0 aliphatic heterocycles. The SMILES string of the molecule is N=C(N)c1cccc(-c2c(O)[nH]c(=O)c(N)c2-c2cccc(C(=N)N)c2)c1. The van der Waals surface area contributed by atoms with Gasteiger partial charge in [0.1, 0.15) is 17.4 Å². The zero-order valence-electron chi connectivity index (χ0n) is 14.2. The van der Waals surface area contributed by atoms with Gasteiger partial charge in [-0.05, 0) is 23.3 Å². The third-order valence-electron chi connectivity index (χ3n) is 4.16. The Labute approximate surface area is 154 Å². The van der Waals surface area contributed by atoms with Gasteiger partial charge in [-0.3, -0.25) is 20.6 Å². The number of pyridine rings is 1. The van der Waals surface area contributed by atoms with Crippen molar-refractivity contribution in [2.75, 3.05) is 5.73 Å². The fourth-order valence-electron chi connectivity index (χ4n) is 2.87. The lowest BCUT2D eigenvalue weighted by Crippen LogP contribution is -2.15. The van der Waals surface area contributed by atoms with Crippen LogP contribution in [0.4, 0.5) is 5.69 Å². The van der Waals surface area contributed by atoms with Gasteiger partial charge < -0.3 is 22.3 Å². The van der Waals surface area contributed by atoms with Crippen LogP contribution in [0, 0.1) is 10.8 Å². The summed E-state index contributed by atoms with van der Waals surface area (Å²) >= 11 is 0. The highest BCUT2D eigenvalue weighted by Crippen LogP contribution is 2.40. The van der Waals surface area contributed by atoms with E-state index in [1.54, 1.807) is 48.5 Å². The summed E-state index contributed by atoms with van der Waals surface area (Å²) in [5, 5.41) is 25.7. The van der Waals surface area contributed by atoms with E-state index in [0.717, 1.165) is 0 Å². The lowest BCUT2D eigenvalue weighted by molar-refractivity contribution is 0.454. The van der Waals surface area contributed by atoms with Crippen LogP contribution >= 0.6 is 0 Å². The second-order valence-electron chi connectivity index (χ2n) is 5.96. The molecule has 3 rings (SSSR count). The third kappa shape index (κ3) is 3.23. The van der Waals surface area contributed by atoms with Crippen LogP contribution in [0.15, 0.2) is 53.3 Å². The molecule has 0 radical (unpaired) electrons. The molecule has 0 saturated carbocycles. The minimum Gasteiger partial charge on any atom is -0.494 e. The molecule has 0 aliphatic rings. The Balaban J connectivity index is 2.37.